The maximum Gasteiger partial charge on any atom is 0.118 e. The molecule has 0 aliphatic heterocycles. The first kappa shape index (κ1) is 8.38. The van der Waals surface area contributed by atoms with Crippen LogP contribution in [0.5, 0.6) is 0 Å². The lowest BCUT2D eigenvalue weighted by atomic mass is 9.95. The molecule has 0 bridgehead atoms. The first-order chi connectivity index (χ1) is 5.29. The van der Waals surface area contributed by atoms with E-state index in [1.807, 2.05) is 0 Å². The van der Waals surface area contributed by atoms with Gasteiger partial charge in [0.15, 0.2) is 0 Å². The van der Waals surface area contributed by atoms with Crippen molar-refractivity contribution in [3.63, 3.8) is 0 Å². The first-order valence-corrected chi connectivity index (χ1v) is 4.22. The van der Waals surface area contributed by atoms with Crippen molar-refractivity contribution < 1.29 is 4.74 Å². The van der Waals surface area contributed by atoms with Crippen molar-refractivity contribution in [1.82, 2.24) is 0 Å². The van der Waals surface area contributed by atoms with Gasteiger partial charge in [-0.15, -0.1) is 0 Å². The Balaban J connectivity index is 2.86. The van der Waals surface area contributed by atoms with Crippen LogP contribution in [0.1, 0.15) is 33.1 Å². The Hall–Kier alpha value is -0.720. The fourth-order valence-corrected chi connectivity index (χ4v) is 1.59. The molecule has 0 heterocycles. The van der Waals surface area contributed by atoms with Crippen molar-refractivity contribution in [1.29, 1.82) is 0 Å². The molecular weight excluding hydrogens is 136 g/mol. The van der Waals surface area contributed by atoms with Crippen molar-refractivity contribution >= 4 is 0 Å². The lowest BCUT2D eigenvalue weighted by Gasteiger charge is -2.17. The van der Waals surface area contributed by atoms with Crippen LogP contribution in [0.4, 0.5) is 0 Å². The van der Waals surface area contributed by atoms with Crippen LogP contribution in [0.2, 0.25) is 0 Å². The molecule has 0 atom stereocenters. The molecule has 0 amide bonds. The molecule has 0 saturated heterocycles. The molecule has 0 fully saturated rings. The Morgan fingerprint density at radius 3 is 2.73 bits per heavy atom. The summed E-state index contributed by atoms with van der Waals surface area (Å²) in [6.07, 6.45) is 5.62. The van der Waals surface area contributed by atoms with Crippen LogP contribution in [0.15, 0.2) is 23.0 Å². The molecule has 0 unspecified atom stereocenters. The van der Waals surface area contributed by atoms with Crippen LogP contribution >= 0.6 is 0 Å². The predicted octanol–water partition coefficient (Wildman–Crippen LogP) is 3.04. The van der Waals surface area contributed by atoms with Crippen LogP contribution in [0, 0.1) is 0 Å². The van der Waals surface area contributed by atoms with Gasteiger partial charge in [0.1, 0.15) is 5.76 Å². The molecule has 0 saturated carbocycles. The van der Waals surface area contributed by atoms with Gasteiger partial charge >= 0.3 is 0 Å². The zero-order valence-corrected chi connectivity index (χ0v) is 7.61. The molecule has 1 aliphatic carbocycles. The molecule has 1 rings (SSSR count). The van der Waals surface area contributed by atoms with Crippen LogP contribution in [-0.4, -0.2) is 7.11 Å². The van der Waals surface area contributed by atoms with Crippen LogP contribution in [0.3, 0.4) is 0 Å². The zero-order chi connectivity index (χ0) is 8.27. The summed E-state index contributed by atoms with van der Waals surface area (Å²) in [7, 11) is 1.75. The van der Waals surface area contributed by atoms with Gasteiger partial charge in [0, 0.05) is 0 Å². The van der Waals surface area contributed by atoms with Crippen LogP contribution in [-0.2, 0) is 4.74 Å². The summed E-state index contributed by atoms with van der Waals surface area (Å²) in [5, 5.41) is 0. The molecular formula is C10H16O. The Morgan fingerprint density at radius 2 is 2.27 bits per heavy atom. The van der Waals surface area contributed by atoms with E-state index in [0.29, 0.717) is 0 Å². The fourth-order valence-electron chi connectivity index (χ4n) is 1.59. The molecule has 0 aromatic rings. The summed E-state index contributed by atoms with van der Waals surface area (Å²) in [6.45, 7) is 4.38. The molecule has 11 heavy (non-hydrogen) atoms. The smallest absolute Gasteiger partial charge is 0.118 e. The highest BCUT2D eigenvalue weighted by atomic mass is 16.5. The van der Waals surface area contributed by atoms with E-state index in [4.69, 9.17) is 4.74 Å². The highest BCUT2D eigenvalue weighted by Crippen LogP contribution is 2.27. The van der Waals surface area contributed by atoms with Crippen LogP contribution in [0.25, 0.3) is 0 Å². The number of methoxy groups -OCH3 is 1. The molecule has 0 aromatic heterocycles. The van der Waals surface area contributed by atoms with E-state index in [1.54, 1.807) is 7.11 Å². The van der Waals surface area contributed by atoms with E-state index in [2.05, 4.69) is 19.9 Å². The van der Waals surface area contributed by atoms with Gasteiger partial charge in [0.25, 0.3) is 0 Å². The minimum absolute atomic E-state index is 1.09. The van der Waals surface area contributed by atoms with E-state index in [-0.39, 0.29) is 0 Å². The molecule has 62 valence electrons. The Morgan fingerprint density at radius 1 is 1.55 bits per heavy atom. The summed E-state index contributed by atoms with van der Waals surface area (Å²) in [5.74, 6) is 1.09. The topological polar surface area (TPSA) is 9.23 Å². The average Bonchev–Trinajstić information content (AvgIpc) is 2.04. The van der Waals surface area contributed by atoms with Crippen molar-refractivity contribution in [2.24, 2.45) is 0 Å². The van der Waals surface area contributed by atoms with E-state index in [0.717, 1.165) is 18.6 Å². The third-order valence-corrected chi connectivity index (χ3v) is 2.24. The van der Waals surface area contributed by atoms with E-state index in [9.17, 15) is 0 Å². The standard InChI is InChI=1S/C10H16O/c1-4-9-8(2)6-5-7-10(9)11-3/h7H,4-6H2,1-3H3. The third-order valence-electron chi connectivity index (χ3n) is 2.24. The second kappa shape index (κ2) is 3.61. The van der Waals surface area contributed by atoms with E-state index in [1.165, 1.54) is 17.6 Å². The number of hydrogen-bond acceptors (Lipinski definition) is 1. The average molecular weight is 152 g/mol. The molecule has 0 aromatic carbocycles. The highest BCUT2D eigenvalue weighted by molar-refractivity contribution is 5.33. The maximum absolute atomic E-state index is 5.27. The monoisotopic (exact) mass is 152 g/mol. The van der Waals surface area contributed by atoms with Gasteiger partial charge in [-0.3, -0.25) is 0 Å². The number of rotatable bonds is 2. The van der Waals surface area contributed by atoms with Gasteiger partial charge in [-0.05, 0) is 37.8 Å². The van der Waals surface area contributed by atoms with Crippen molar-refractivity contribution in [2.75, 3.05) is 7.11 Å². The van der Waals surface area contributed by atoms with Gasteiger partial charge in [-0.2, -0.15) is 0 Å². The van der Waals surface area contributed by atoms with E-state index < -0.39 is 0 Å². The summed E-state index contributed by atoms with van der Waals surface area (Å²) in [6, 6.07) is 0. The minimum atomic E-state index is 1.09. The highest BCUT2D eigenvalue weighted by Gasteiger charge is 2.10. The van der Waals surface area contributed by atoms with Crippen molar-refractivity contribution in [3.8, 4) is 0 Å². The second-order valence-corrected chi connectivity index (χ2v) is 2.92. The third kappa shape index (κ3) is 1.65. The summed E-state index contributed by atoms with van der Waals surface area (Å²) < 4.78 is 5.27. The predicted molar refractivity (Wildman–Crippen MR) is 47.3 cm³/mol. The van der Waals surface area contributed by atoms with Gasteiger partial charge < -0.3 is 4.74 Å². The van der Waals surface area contributed by atoms with Crippen molar-refractivity contribution in [3.05, 3.63) is 23.0 Å². The summed E-state index contributed by atoms with van der Waals surface area (Å²) in [5.41, 5.74) is 2.89. The van der Waals surface area contributed by atoms with Crippen LogP contribution < -0.4 is 0 Å². The molecule has 0 radical (unpaired) electrons. The number of allylic oxidation sites excluding steroid dienone is 3. The fraction of sp³-hybridized carbons (Fsp3) is 0.600. The molecule has 1 nitrogen and oxygen atoms in total. The second-order valence-electron chi connectivity index (χ2n) is 2.92. The maximum atomic E-state index is 5.27. The number of ether oxygens (including phenoxy) is 1. The summed E-state index contributed by atoms with van der Waals surface area (Å²) >= 11 is 0. The molecule has 0 N–H and O–H groups in total. The van der Waals surface area contributed by atoms with Gasteiger partial charge in [-0.1, -0.05) is 12.5 Å². The van der Waals surface area contributed by atoms with Gasteiger partial charge in [-0.25, -0.2) is 0 Å². The summed E-state index contributed by atoms with van der Waals surface area (Å²) in [4.78, 5) is 0. The lowest BCUT2D eigenvalue weighted by molar-refractivity contribution is 0.294. The zero-order valence-electron chi connectivity index (χ0n) is 7.61. The van der Waals surface area contributed by atoms with Gasteiger partial charge in [0.2, 0.25) is 0 Å². The molecule has 0 spiro atoms. The Labute approximate surface area is 68.8 Å². The largest absolute Gasteiger partial charge is 0.497 e. The Kier molecular flexibility index (Phi) is 2.75. The quantitative estimate of drug-likeness (QED) is 0.591. The molecule has 1 aliphatic rings. The first-order valence-electron chi connectivity index (χ1n) is 4.22. The SMILES string of the molecule is CCC1=C(C)CCC=C1OC. The minimum Gasteiger partial charge on any atom is -0.497 e. The van der Waals surface area contributed by atoms with E-state index >= 15 is 0 Å². The Bertz CT molecular complexity index is 199. The van der Waals surface area contributed by atoms with Crippen molar-refractivity contribution in [2.45, 2.75) is 33.1 Å². The number of hydrogen-bond donors (Lipinski definition) is 0. The molecule has 1 heteroatoms. The van der Waals surface area contributed by atoms with Gasteiger partial charge in [0.05, 0.1) is 7.11 Å². The lowest BCUT2D eigenvalue weighted by Crippen LogP contribution is -2.00. The normalized spacial score (nSPS) is 18.3.